The lowest BCUT2D eigenvalue weighted by Gasteiger charge is -2.32. The lowest BCUT2D eigenvalue weighted by molar-refractivity contribution is -0.144. The van der Waals surface area contributed by atoms with E-state index < -0.39 is 35.5 Å². The average Bonchev–Trinajstić information content (AvgIpc) is 3.60. The van der Waals surface area contributed by atoms with Crippen LogP contribution in [-0.2, 0) is 23.9 Å². The maximum Gasteiger partial charge on any atom is 0.408 e. The topological polar surface area (TPSA) is 114 Å². The molecule has 9 heteroatoms. The molecule has 1 unspecified atom stereocenters. The lowest BCUT2D eigenvalue weighted by Crippen LogP contribution is -2.49. The third kappa shape index (κ3) is 8.43. The van der Waals surface area contributed by atoms with Gasteiger partial charge in [0, 0.05) is 18.2 Å². The van der Waals surface area contributed by atoms with Crippen molar-refractivity contribution >= 4 is 23.9 Å². The Morgan fingerprint density at radius 2 is 1.79 bits per heavy atom. The molecule has 2 N–H and O–H groups in total. The van der Waals surface area contributed by atoms with Crippen LogP contribution < -0.4 is 10.6 Å². The van der Waals surface area contributed by atoms with E-state index in [1.54, 1.807) is 52.0 Å². The van der Waals surface area contributed by atoms with Gasteiger partial charge in [0.25, 0.3) is 0 Å². The van der Waals surface area contributed by atoms with E-state index in [1.165, 1.54) is 4.90 Å². The van der Waals surface area contributed by atoms with Gasteiger partial charge in [-0.2, -0.15) is 0 Å². The van der Waals surface area contributed by atoms with Crippen LogP contribution in [-0.4, -0.2) is 60.1 Å². The fourth-order valence-electron chi connectivity index (χ4n) is 3.28. The van der Waals surface area contributed by atoms with E-state index in [0.717, 1.165) is 12.8 Å². The largest absolute Gasteiger partial charge is 0.466 e. The second-order valence-corrected chi connectivity index (χ2v) is 8.90. The fourth-order valence-corrected chi connectivity index (χ4v) is 3.28. The molecule has 1 fully saturated rings. The number of ether oxygens (including phenoxy) is 2. The minimum absolute atomic E-state index is 0.0138. The van der Waals surface area contributed by atoms with Gasteiger partial charge in [0.05, 0.1) is 13.0 Å². The Balaban J connectivity index is 2.20. The van der Waals surface area contributed by atoms with Crippen molar-refractivity contribution in [1.82, 2.24) is 15.5 Å². The van der Waals surface area contributed by atoms with Gasteiger partial charge in [0.2, 0.25) is 11.8 Å². The number of hydrogen-bond acceptors (Lipinski definition) is 6. The maximum absolute atomic E-state index is 13.2. The predicted molar refractivity (Wildman–Crippen MR) is 125 cm³/mol. The minimum atomic E-state index is -0.950. The van der Waals surface area contributed by atoms with Crippen LogP contribution in [0.3, 0.4) is 0 Å². The summed E-state index contributed by atoms with van der Waals surface area (Å²) in [5.41, 5.74) is 0.509. The molecule has 184 valence electrons. The molecule has 3 amide bonds. The smallest absolute Gasteiger partial charge is 0.408 e. The quantitative estimate of drug-likeness (QED) is 0.400. The molecule has 1 aliphatic rings. The highest BCUT2D eigenvalue weighted by molar-refractivity contribution is 5.91. The van der Waals surface area contributed by atoms with E-state index in [1.807, 2.05) is 0 Å². The number of nitrogens with zero attached hydrogens (tertiary/aromatic N) is 1. The first-order valence-corrected chi connectivity index (χ1v) is 11.3. The summed E-state index contributed by atoms with van der Waals surface area (Å²) in [5.74, 6) is 1.25. The number of terminal acetylenes is 1. The summed E-state index contributed by atoms with van der Waals surface area (Å²) in [5, 5.41) is 5.19. The molecule has 1 aromatic rings. The van der Waals surface area contributed by atoms with E-state index in [0.29, 0.717) is 11.1 Å². The van der Waals surface area contributed by atoms with Crippen LogP contribution in [0.1, 0.15) is 64.1 Å². The van der Waals surface area contributed by atoms with Crippen molar-refractivity contribution in [3.05, 3.63) is 35.4 Å². The molecule has 0 aromatic heterocycles. The van der Waals surface area contributed by atoms with Crippen molar-refractivity contribution in [2.75, 3.05) is 19.7 Å². The molecule has 0 aliphatic heterocycles. The van der Waals surface area contributed by atoms with Gasteiger partial charge < -0.3 is 25.0 Å². The van der Waals surface area contributed by atoms with Crippen LogP contribution in [0.25, 0.3) is 0 Å². The summed E-state index contributed by atoms with van der Waals surface area (Å²) in [7, 11) is 0. The number of benzene rings is 1. The molecule has 2 rings (SSSR count). The highest BCUT2D eigenvalue weighted by Crippen LogP contribution is 2.35. The summed E-state index contributed by atoms with van der Waals surface area (Å²) in [6, 6.07) is 5.71. The molecule has 1 atom stereocenters. The van der Waals surface area contributed by atoms with Gasteiger partial charge in [-0.1, -0.05) is 18.1 Å². The second kappa shape index (κ2) is 12.1. The molecule has 1 saturated carbocycles. The Bertz CT molecular complexity index is 925. The van der Waals surface area contributed by atoms with Gasteiger partial charge in [0.15, 0.2) is 0 Å². The van der Waals surface area contributed by atoms with Gasteiger partial charge in [-0.25, -0.2) is 4.79 Å². The molecule has 0 spiro atoms. The maximum atomic E-state index is 13.2. The molecule has 1 aromatic carbocycles. The standard InChI is InChI=1S/C25H33N3O6/c1-6-17-8-10-18(11-9-17)22(23(31)26-15-14-21(30)33-7-2)28(19-12-13-19)20(29)16-27-24(32)34-25(3,4)5/h1,8-11,19,22H,7,12-16H2,2-5H3,(H,26,31)(H,27,32). The fraction of sp³-hybridized carbons (Fsp3) is 0.520. The highest BCUT2D eigenvalue weighted by atomic mass is 16.6. The van der Waals surface area contributed by atoms with Crippen molar-refractivity contribution in [2.24, 2.45) is 0 Å². The van der Waals surface area contributed by atoms with Gasteiger partial charge in [-0.05, 0) is 58.2 Å². The number of nitrogens with one attached hydrogen (secondary N) is 2. The Labute approximate surface area is 200 Å². The average molecular weight is 472 g/mol. The number of rotatable bonds is 10. The Morgan fingerprint density at radius 3 is 2.32 bits per heavy atom. The van der Waals surface area contributed by atoms with Crippen molar-refractivity contribution < 1.29 is 28.7 Å². The zero-order chi connectivity index (χ0) is 25.3. The molecule has 0 radical (unpaired) electrons. The number of carbonyl (C=O) groups excluding carboxylic acids is 4. The molecule has 0 saturated heterocycles. The van der Waals surface area contributed by atoms with Crippen LogP contribution in [0.5, 0.6) is 0 Å². The molecule has 34 heavy (non-hydrogen) atoms. The van der Waals surface area contributed by atoms with Crippen LogP contribution in [0, 0.1) is 12.3 Å². The number of amides is 3. The molecular formula is C25H33N3O6. The first-order chi connectivity index (χ1) is 16.1. The highest BCUT2D eigenvalue weighted by Gasteiger charge is 2.41. The van der Waals surface area contributed by atoms with Crippen LogP contribution >= 0.6 is 0 Å². The molecule has 9 nitrogen and oxygen atoms in total. The van der Waals surface area contributed by atoms with Crippen molar-refractivity contribution in [1.29, 1.82) is 0 Å². The number of esters is 1. The summed E-state index contributed by atoms with van der Waals surface area (Å²) < 4.78 is 10.1. The summed E-state index contributed by atoms with van der Waals surface area (Å²) in [6.45, 7) is 6.88. The summed E-state index contributed by atoms with van der Waals surface area (Å²) >= 11 is 0. The normalized spacial score (nSPS) is 13.7. The van der Waals surface area contributed by atoms with Gasteiger partial charge in [-0.15, -0.1) is 6.42 Å². The Morgan fingerprint density at radius 1 is 1.15 bits per heavy atom. The van der Waals surface area contributed by atoms with E-state index >= 15 is 0 Å². The van der Waals surface area contributed by atoms with E-state index in [2.05, 4.69) is 16.6 Å². The van der Waals surface area contributed by atoms with E-state index in [-0.39, 0.29) is 32.2 Å². The first-order valence-electron chi connectivity index (χ1n) is 11.3. The third-order valence-electron chi connectivity index (χ3n) is 4.86. The summed E-state index contributed by atoms with van der Waals surface area (Å²) in [6.07, 6.45) is 6.23. The third-order valence-corrected chi connectivity index (χ3v) is 4.86. The SMILES string of the molecule is C#Cc1ccc(C(C(=O)NCCC(=O)OCC)N(C(=O)CNC(=O)OC(C)(C)C)C2CC2)cc1. The van der Waals surface area contributed by atoms with Crippen molar-refractivity contribution in [3.8, 4) is 12.3 Å². The second-order valence-electron chi connectivity index (χ2n) is 8.90. The zero-order valence-electron chi connectivity index (χ0n) is 20.2. The van der Waals surface area contributed by atoms with Crippen molar-refractivity contribution in [2.45, 2.75) is 64.6 Å². The van der Waals surface area contributed by atoms with Gasteiger partial charge in [0.1, 0.15) is 18.2 Å². The van der Waals surface area contributed by atoms with E-state index in [9.17, 15) is 19.2 Å². The van der Waals surface area contributed by atoms with Crippen molar-refractivity contribution in [3.63, 3.8) is 0 Å². The van der Waals surface area contributed by atoms with Gasteiger partial charge >= 0.3 is 12.1 Å². The summed E-state index contributed by atoms with van der Waals surface area (Å²) in [4.78, 5) is 51.6. The zero-order valence-corrected chi connectivity index (χ0v) is 20.2. The molecule has 0 heterocycles. The van der Waals surface area contributed by atoms with Crippen LogP contribution in [0.15, 0.2) is 24.3 Å². The minimum Gasteiger partial charge on any atom is -0.466 e. The molecular weight excluding hydrogens is 438 g/mol. The predicted octanol–water partition coefficient (Wildman–Crippen LogP) is 2.29. The number of carbonyl (C=O) groups is 4. The molecule has 0 bridgehead atoms. The number of hydrogen-bond donors (Lipinski definition) is 2. The molecule has 1 aliphatic carbocycles. The Hall–Kier alpha value is -3.54. The van der Waals surface area contributed by atoms with Gasteiger partial charge in [-0.3, -0.25) is 14.4 Å². The lowest BCUT2D eigenvalue weighted by atomic mass is 10.0. The number of alkyl carbamates (subject to hydrolysis) is 1. The van der Waals surface area contributed by atoms with E-state index in [4.69, 9.17) is 15.9 Å². The Kier molecular flexibility index (Phi) is 9.48. The van der Waals surface area contributed by atoms with Crippen LogP contribution in [0.4, 0.5) is 4.79 Å². The monoisotopic (exact) mass is 471 g/mol. The van der Waals surface area contributed by atoms with Crippen LogP contribution in [0.2, 0.25) is 0 Å². The first kappa shape index (κ1) is 26.7.